The minimum Gasteiger partial charge on any atom is -0.465 e. The number of likely N-dealkylation sites (tertiary alicyclic amines) is 1. The lowest BCUT2D eigenvalue weighted by Crippen LogP contribution is -2.30. The number of furan rings is 1. The van der Waals surface area contributed by atoms with Gasteiger partial charge in [0.2, 0.25) is 0 Å². The number of hydrogen-bond acceptors (Lipinski definition) is 4. The molecule has 21 heavy (non-hydrogen) atoms. The average molecular weight is 286 g/mol. The van der Waals surface area contributed by atoms with E-state index < -0.39 is 0 Å². The molecule has 0 bridgehead atoms. The molecule has 0 spiro atoms. The molecule has 1 saturated heterocycles. The van der Waals surface area contributed by atoms with Gasteiger partial charge < -0.3 is 14.1 Å². The van der Waals surface area contributed by atoms with Gasteiger partial charge in [-0.15, -0.1) is 0 Å². The molecule has 0 saturated carbocycles. The Morgan fingerprint density at radius 3 is 3.10 bits per heavy atom. The van der Waals surface area contributed by atoms with Crippen LogP contribution in [-0.2, 0) is 0 Å². The maximum Gasteiger partial charge on any atom is 0.290 e. The second-order valence-electron chi connectivity index (χ2n) is 4.96. The summed E-state index contributed by atoms with van der Waals surface area (Å²) in [5.41, 5.74) is 0.930. The van der Waals surface area contributed by atoms with Crippen LogP contribution in [0.2, 0.25) is 0 Å². The number of hydrogen-bond donors (Lipinski definition) is 0. The van der Waals surface area contributed by atoms with Crippen molar-refractivity contribution < 1.29 is 13.9 Å². The summed E-state index contributed by atoms with van der Waals surface area (Å²) in [4.78, 5) is 18.8. The van der Waals surface area contributed by atoms with Crippen molar-refractivity contribution in [2.24, 2.45) is 0 Å². The van der Waals surface area contributed by atoms with Crippen molar-refractivity contribution in [2.45, 2.75) is 25.8 Å². The van der Waals surface area contributed by atoms with Gasteiger partial charge in [0, 0.05) is 18.8 Å². The molecule has 1 fully saturated rings. The Labute approximate surface area is 123 Å². The van der Waals surface area contributed by atoms with Crippen molar-refractivity contribution in [3.05, 3.63) is 48.0 Å². The molecule has 3 heterocycles. The molecule has 1 aliphatic rings. The molecule has 2 aromatic heterocycles. The maximum atomic E-state index is 12.6. The number of amides is 1. The van der Waals surface area contributed by atoms with Crippen LogP contribution in [0.25, 0.3) is 0 Å². The Morgan fingerprint density at radius 2 is 2.33 bits per heavy atom. The lowest BCUT2D eigenvalue weighted by molar-refractivity contribution is 0.0692. The molecule has 0 aromatic carbocycles. The first-order chi connectivity index (χ1) is 10.3. The van der Waals surface area contributed by atoms with Crippen molar-refractivity contribution in [3.63, 3.8) is 0 Å². The number of ether oxygens (including phenoxy) is 1. The highest BCUT2D eigenvalue weighted by Gasteiger charge is 2.32. The van der Waals surface area contributed by atoms with E-state index in [0.29, 0.717) is 18.3 Å². The summed E-state index contributed by atoms with van der Waals surface area (Å²) in [6.07, 6.45) is 3.67. The Hall–Kier alpha value is -2.30. The van der Waals surface area contributed by atoms with E-state index in [1.54, 1.807) is 18.3 Å². The Balaban J connectivity index is 1.79. The molecule has 1 aliphatic heterocycles. The van der Waals surface area contributed by atoms with Crippen molar-refractivity contribution in [3.8, 4) is 5.95 Å². The molecule has 1 amide bonds. The van der Waals surface area contributed by atoms with Gasteiger partial charge in [-0.25, -0.2) is 0 Å². The summed E-state index contributed by atoms with van der Waals surface area (Å²) in [6, 6.07) is 9.17. The molecule has 0 N–H and O–H groups in total. The second-order valence-corrected chi connectivity index (χ2v) is 4.96. The first-order valence-corrected chi connectivity index (χ1v) is 7.24. The van der Waals surface area contributed by atoms with Crippen molar-refractivity contribution in [2.75, 3.05) is 13.2 Å². The highest BCUT2D eigenvalue weighted by molar-refractivity contribution is 5.92. The third kappa shape index (κ3) is 2.77. The van der Waals surface area contributed by atoms with E-state index >= 15 is 0 Å². The number of rotatable bonds is 4. The van der Waals surface area contributed by atoms with E-state index in [-0.39, 0.29) is 11.9 Å². The van der Waals surface area contributed by atoms with E-state index in [1.165, 1.54) is 0 Å². The van der Waals surface area contributed by atoms with Crippen LogP contribution in [0.3, 0.4) is 0 Å². The fourth-order valence-electron chi connectivity index (χ4n) is 2.69. The summed E-state index contributed by atoms with van der Waals surface area (Å²) in [7, 11) is 0. The molecule has 110 valence electrons. The van der Waals surface area contributed by atoms with E-state index in [2.05, 4.69) is 4.98 Å². The monoisotopic (exact) mass is 286 g/mol. The topological polar surface area (TPSA) is 55.6 Å². The highest BCUT2D eigenvalue weighted by Crippen LogP contribution is 2.32. The van der Waals surface area contributed by atoms with Crippen molar-refractivity contribution >= 4 is 5.91 Å². The van der Waals surface area contributed by atoms with Gasteiger partial charge in [0.25, 0.3) is 11.9 Å². The van der Waals surface area contributed by atoms with Crippen LogP contribution < -0.4 is 4.74 Å². The number of aromatic nitrogens is 1. The molecule has 5 nitrogen and oxygen atoms in total. The van der Waals surface area contributed by atoms with Crippen LogP contribution >= 0.6 is 0 Å². The largest absolute Gasteiger partial charge is 0.465 e. The number of pyridine rings is 1. The zero-order valence-corrected chi connectivity index (χ0v) is 12.0. The normalized spacial score (nSPS) is 18.0. The van der Waals surface area contributed by atoms with Gasteiger partial charge in [0.1, 0.15) is 0 Å². The van der Waals surface area contributed by atoms with E-state index in [0.717, 1.165) is 25.1 Å². The minimum absolute atomic E-state index is 0.0272. The number of nitrogens with zero attached hydrogens (tertiary/aromatic N) is 2. The predicted octanol–water partition coefficient (Wildman–Crippen LogP) is 3.05. The summed E-state index contributed by atoms with van der Waals surface area (Å²) in [6.45, 7) is 3.12. The fourth-order valence-corrected chi connectivity index (χ4v) is 2.69. The smallest absolute Gasteiger partial charge is 0.290 e. The van der Waals surface area contributed by atoms with Gasteiger partial charge >= 0.3 is 0 Å². The number of carbonyl (C=O) groups excluding carboxylic acids is 1. The van der Waals surface area contributed by atoms with Gasteiger partial charge in [0.05, 0.1) is 18.3 Å². The Bertz CT molecular complexity index is 609. The lowest BCUT2D eigenvalue weighted by Gasteiger charge is -2.23. The zero-order valence-electron chi connectivity index (χ0n) is 12.0. The molecule has 3 rings (SSSR count). The SMILES string of the molecule is CCOc1ccc(C(=O)N2CCCC2c2ccccn2)o1. The molecule has 0 aliphatic carbocycles. The van der Waals surface area contributed by atoms with Crippen molar-refractivity contribution in [1.29, 1.82) is 0 Å². The van der Waals surface area contributed by atoms with Gasteiger partial charge in [-0.1, -0.05) is 6.07 Å². The molecule has 1 unspecified atom stereocenters. The van der Waals surface area contributed by atoms with Gasteiger partial charge in [-0.2, -0.15) is 0 Å². The van der Waals surface area contributed by atoms with Crippen LogP contribution in [0.1, 0.15) is 42.1 Å². The first kappa shape index (κ1) is 13.7. The highest BCUT2D eigenvalue weighted by atomic mass is 16.6. The molecule has 0 radical (unpaired) electrons. The van der Waals surface area contributed by atoms with Crippen molar-refractivity contribution in [1.82, 2.24) is 9.88 Å². The molecule has 2 aromatic rings. The summed E-state index contributed by atoms with van der Waals surface area (Å²) in [5.74, 6) is 0.602. The molecule has 5 heteroatoms. The van der Waals surface area contributed by atoms with Crippen LogP contribution in [0.5, 0.6) is 5.95 Å². The average Bonchev–Trinajstić information content (AvgIpc) is 3.17. The van der Waals surface area contributed by atoms with Crippen LogP contribution in [0.15, 0.2) is 40.9 Å². The third-order valence-electron chi connectivity index (χ3n) is 3.62. The maximum absolute atomic E-state index is 12.6. The molecular formula is C16H18N2O3. The summed E-state index contributed by atoms with van der Waals surface area (Å²) < 4.78 is 10.7. The lowest BCUT2D eigenvalue weighted by atomic mass is 10.1. The zero-order chi connectivity index (χ0) is 14.7. The standard InChI is InChI=1S/C16H18N2O3/c1-2-20-15-9-8-14(21-15)16(19)18-11-5-7-13(18)12-6-3-4-10-17-12/h3-4,6,8-10,13H,2,5,7,11H2,1H3. The van der Waals surface area contributed by atoms with Gasteiger partial charge in [0.15, 0.2) is 5.76 Å². The van der Waals surface area contributed by atoms with E-state index in [4.69, 9.17) is 9.15 Å². The number of carbonyl (C=O) groups is 1. The van der Waals surface area contributed by atoms with E-state index in [9.17, 15) is 4.79 Å². The quantitative estimate of drug-likeness (QED) is 0.866. The first-order valence-electron chi connectivity index (χ1n) is 7.24. The summed E-state index contributed by atoms with van der Waals surface area (Å²) >= 11 is 0. The fraction of sp³-hybridized carbons (Fsp3) is 0.375. The second kappa shape index (κ2) is 5.99. The molecule has 1 atom stereocenters. The van der Waals surface area contributed by atoms with E-state index in [1.807, 2.05) is 30.0 Å². The minimum atomic E-state index is -0.103. The van der Waals surface area contributed by atoms with Crippen LogP contribution in [0.4, 0.5) is 0 Å². The van der Waals surface area contributed by atoms with Crippen LogP contribution in [-0.4, -0.2) is 28.9 Å². The Kier molecular flexibility index (Phi) is 3.90. The Morgan fingerprint density at radius 1 is 1.43 bits per heavy atom. The predicted molar refractivity (Wildman–Crippen MR) is 77.1 cm³/mol. The van der Waals surface area contributed by atoms with Crippen LogP contribution in [0, 0.1) is 0 Å². The van der Waals surface area contributed by atoms with Gasteiger partial charge in [-0.05, 0) is 38.0 Å². The van der Waals surface area contributed by atoms with Gasteiger partial charge in [-0.3, -0.25) is 9.78 Å². The third-order valence-corrected chi connectivity index (χ3v) is 3.62. The molecular weight excluding hydrogens is 268 g/mol. The summed E-state index contributed by atoms with van der Waals surface area (Å²) in [5, 5.41) is 0.